The van der Waals surface area contributed by atoms with Crippen LogP contribution >= 0.6 is 11.6 Å². The maximum Gasteiger partial charge on any atom is 0.149 e. The maximum atomic E-state index is 8.99. The highest BCUT2D eigenvalue weighted by molar-refractivity contribution is 6.34. The SMILES string of the molecule is CN1CCN(c2nccc(C#N)c2Cl)C(CN)C1. The number of nitriles is 1. The summed E-state index contributed by atoms with van der Waals surface area (Å²) in [6, 6.07) is 3.88. The van der Waals surface area contributed by atoms with E-state index in [-0.39, 0.29) is 6.04 Å². The minimum absolute atomic E-state index is 0.183. The lowest BCUT2D eigenvalue weighted by Crippen LogP contribution is -2.55. The molecule has 2 heterocycles. The Bertz CT molecular complexity index is 470. The molecular weight excluding hydrogens is 250 g/mol. The Hall–Kier alpha value is -1.35. The van der Waals surface area contributed by atoms with E-state index in [2.05, 4.69) is 27.9 Å². The van der Waals surface area contributed by atoms with E-state index in [1.165, 1.54) is 0 Å². The number of pyridine rings is 1. The van der Waals surface area contributed by atoms with Crippen LogP contribution in [-0.2, 0) is 0 Å². The van der Waals surface area contributed by atoms with E-state index in [9.17, 15) is 0 Å². The molecule has 96 valence electrons. The first-order valence-corrected chi connectivity index (χ1v) is 6.25. The van der Waals surface area contributed by atoms with Gasteiger partial charge in [0.15, 0.2) is 0 Å². The molecule has 18 heavy (non-hydrogen) atoms. The quantitative estimate of drug-likeness (QED) is 0.852. The van der Waals surface area contributed by atoms with Gasteiger partial charge in [-0.15, -0.1) is 0 Å². The zero-order valence-electron chi connectivity index (χ0n) is 10.3. The van der Waals surface area contributed by atoms with Crippen LogP contribution in [0.15, 0.2) is 12.3 Å². The van der Waals surface area contributed by atoms with Crippen molar-refractivity contribution >= 4 is 17.4 Å². The molecule has 1 aliphatic heterocycles. The normalized spacial score (nSPS) is 20.8. The summed E-state index contributed by atoms with van der Waals surface area (Å²) in [6.45, 7) is 3.18. The number of likely N-dealkylation sites (N-methyl/N-ethyl adjacent to an activating group) is 1. The summed E-state index contributed by atoms with van der Waals surface area (Å²) < 4.78 is 0. The molecule has 1 aliphatic rings. The van der Waals surface area contributed by atoms with Gasteiger partial charge in [0.25, 0.3) is 0 Å². The Balaban J connectivity index is 2.33. The molecule has 6 heteroatoms. The second kappa shape index (κ2) is 5.53. The van der Waals surface area contributed by atoms with Gasteiger partial charge in [-0.3, -0.25) is 0 Å². The van der Waals surface area contributed by atoms with Gasteiger partial charge in [-0.1, -0.05) is 11.6 Å². The molecule has 1 atom stereocenters. The number of rotatable bonds is 2. The van der Waals surface area contributed by atoms with E-state index in [4.69, 9.17) is 22.6 Å². The number of nitrogens with two attached hydrogens (primary N) is 1. The number of nitrogens with zero attached hydrogens (tertiary/aromatic N) is 4. The first-order valence-electron chi connectivity index (χ1n) is 5.87. The zero-order chi connectivity index (χ0) is 13.1. The molecular formula is C12H16ClN5. The van der Waals surface area contributed by atoms with Crippen molar-refractivity contribution in [3.63, 3.8) is 0 Å². The highest BCUT2D eigenvalue weighted by Gasteiger charge is 2.27. The summed E-state index contributed by atoms with van der Waals surface area (Å²) in [6.07, 6.45) is 1.62. The first-order chi connectivity index (χ1) is 8.67. The van der Waals surface area contributed by atoms with Crippen molar-refractivity contribution in [2.75, 3.05) is 38.1 Å². The van der Waals surface area contributed by atoms with Gasteiger partial charge in [0.05, 0.1) is 11.6 Å². The lowest BCUT2D eigenvalue weighted by molar-refractivity contribution is 0.269. The van der Waals surface area contributed by atoms with Crippen molar-refractivity contribution in [2.24, 2.45) is 5.73 Å². The van der Waals surface area contributed by atoms with E-state index in [0.29, 0.717) is 22.9 Å². The minimum Gasteiger partial charge on any atom is -0.349 e. The highest BCUT2D eigenvalue weighted by Crippen LogP contribution is 2.28. The summed E-state index contributed by atoms with van der Waals surface area (Å²) in [7, 11) is 2.07. The molecule has 1 unspecified atom stereocenters. The third-order valence-electron chi connectivity index (χ3n) is 3.22. The van der Waals surface area contributed by atoms with Crippen LogP contribution in [0.1, 0.15) is 5.56 Å². The average Bonchev–Trinajstić information content (AvgIpc) is 2.39. The Labute approximate surface area is 112 Å². The Kier molecular flexibility index (Phi) is 4.02. The lowest BCUT2D eigenvalue weighted by atomic mass is 10.1. The van der Waals surface area contributed by atoms with Crippen LogP contribution in [0.3, 0.4) is 0 Å². The Morgan fingerprint density at radius 1 is 1.61 bits per heavy atom. The molecule has 1 saturated heterocycles. The molecule has 2 N–H and O–H groups in total. The zero-order valence-corrected chi connectivity index (χ0v) is 11.1. The molecule has 0 saturated carbocycles. The van der Waals surface area contributed by atoms with Crippen molar-refractivity contribution < 1.29 is 0 Å². The van der Waals surface area contributed by atoms with E-state index < -0.39 is 0 Å². The van der Waals surface area contributed by atoms with Crippen LogP contribution in [0.25, 0.3) is 0 Å². The molecule has 1 fully saturated rings. The van der Waals surface area contributed by atoms with Crippen LogP contribution in [0.5, 0.6) is 0 Å². The molecule has 0 aliphatic carbocycles. The van der Waals surface area contributed by atoms with Gasteiger partial charge in [-0.2, -0.15) is 5.26 Å². The van der Waals surface area contributed by atoms with Gasteiger partial charge >= 0.3 is 0 Å². The third-order valence-corrected chi connectivity index (χ3v) is 3.59. The molecule has 0 spiro atoms. The Morgan fingerprint density at radius 2 is 2.39 bits per heavy atom. The van der Waals surface area contributed by atoms with Crippen LogP contribution in [0, 0.1) is 11.3 Å². The lowest BCUT2D eigenvalue weighted by Gasteiger charge is -2.40. The number of hydrogen-bond donors (Lipinski definition) is 1. The molecule has 0 bridgehead atoms. The van der Waals surface area contributed by atoms with E-state index in [1.807, 2.05) is 0 Å². The van der Waals surface area contributed by atoms with Crippen molar-refractivity contribution in [1.82, 2.24) is 9.88 Å². The van der Waals surface area contributed by atoms with Crippen molar-refractivity contribution in [3.8, 4) is 6.07 Å². The second-order valence-corrected chi connectivity index (χ2v) is 4.83. The van der Waals surface area contributed by atoms with Crippen LogP contribution < -0.4 is 10.6 Å². The summed E-state index contributed by atoms with van der Waals surface area (Å²) >= 11 is 6.22. The fourth-order valence-electron chi connectivity index (χ4n) is 2.21. The summed E-state index contributed by atoms with van der Waals surface area (Å²) in [5.41, 5.74) is 6.26. The van der Waals surface area contributed by atoms with Gasteiger partial charge < -0.3 is 15.5 Å². The summed E-state index contributed by atoms with van der Waals surface area (Å²) in [5.74, 6) is 0.666. The fraction of sp³-hybridized carbons (Fsp3) is 0.500. The van der Waals surface area contributed by atoms with Gasteiger partial charge in [-0.25, -0.2) is 4.98 Å². The number of piperazine rings is 1. The van der Waals surface area contributed by atoms with Crippen LogP contribution in [-0.4, -0.2) is 49.2 Å². The van der Waals surface area contributed by atoms with Gasteiger partial charge in [0.1, 0.15) is 16.9 Å². The molecule has 0 amide bonds. The molecule has 0 aromatic carbocycles. The predicted molar refractivity (Wildman–Crippen MR) is 71.6 cm³/mol. The largest absolute Gasteiger partial charge is 0.349 e. The molecule has 1 aromatic heterocycles. The monoisotopic (exact) mass is 265 g/mol. The minimum atomic E-state index is 0.183. The molecule has 1 aromatic rings. The standard InChI is InChI=1S/C12H16ClN5/c1-17-4-5-18(10(7-15)8-17)12-11(13)9(6-14)2-3-16-12/h2-3,10H,4-5,7-8,15H2,1H3. The summed E-state index contributed by atoms with van der Waals surface area (Å²) in [5, 5.41) is 9.41. The van der Waals surface area contributed by atoms with E-state index >= 15 is 0 Å². The Morgan fingerprint density at radius 3 is 3.06 bits per heavy atom. The second-order valence-electron chi connectivity index (χ2n) is 4.45. The molecule has 5 nitrogen and oxygen atoms in total. The third kappa shape index (κ3) is 2.41. The number of halogens is 1. The van der Waals surface area contributed by atoms with Crippen molar-refractivity contribution in [2.45, 2.75) is 6.04 Å². The van der Waals surface area contributed by atoms with Crippen LogP contribution in [0.4, 0.5) is 5.82 Å². The number of hydrogen-bond acceptors (Lipinski definition) is 5. The van der Waals surface area contributed by atoms with Gasteiger partial charge in [-0.05, 0) is 13.1 Å². The van der Waals surface area contributed by atoms with Crippen LogP contribution in [0.2, 0.25) is 5.02 Å². The van der Waals surface area contributed by atoms with Gasteiger partial charge in [0.2, 0.25) is 0 Å². The number of anilines is 1. The predicted octanol–water partition coefficient (Wildman–Crippen LogP) is 0.686. The first kappa shape index (κ1) is 13.1. The fourth-order valence-corrected chi connectivity index (χ4v) is 2.47. The maximum absolute atomic E-state index is 8.99. The van der Waals surface area contributed by atoms with Crippen molar-refractivity contribution in [1.29, 1.82) is 5.26 Å². The van der Waals surface area contributed by atoms with Gasteiger partial charge in [0, 0.05) is 32.4 Å². The molecule has 0 radical (unpaired) electrons. The topological polar surface area (TPSA) is 69.2 Å². The molecule has 2 rings (SSSR count). The average molecular weight is 266 g/mol. The van der Waals surface area contributed by atoms with E-state index in [1.54, 1.807) is 12.3 Å². The summed E-state index contributed by atoms with van der Waals surface area (Å²) in [4.78, 5) is 8.64. The smallest absolute Gasteiger partial charge is 0.149 e. The highest BCUT2D eigenvalue weighted by atomic mass is 35.5. The van der Waals surface area contributed by atoms with Crippen molar-refractivity contribution in [3.05, 3.63) is 22.8 Å². The van der Waals surface area contributed by atoms with E-state index in [0.717, 1.165) is 19.6 Å². The number of aromatic nitrogens is 1.